The van der Waals surface area contributed by atoms with Gasteiger partial charge in [0.05, 0.1) is 5.69 Å². The Balaban J connectivity index is 1.90. The van der Waals surface area contributed by atoms with Gasteiger partial charge in [0.15, 0.2) is 0 Å². The molecule has 1 aromatic rings. The minimum absolute atomic E-state index is 0.159. The van der Waals surface area contributed by atoms with Gasteiger partial charge in [-0.1, -0.05) is 18.0 Å². The summed E-state index contributed by atoms with van der Waals surface area (Å²) >= 11 is 0. The molecule has 0 amide bonds. The van der Waals surface area contributed by atoms with Crippen molar-refractivity contribution >= 4 is 16.0 Å². The minimum atomic E-state index is -3.72. The molecule has 1 aliphatic carbocycles. The zero-order valence-electron chi connectivity index (χ0n) is 11.5. The van der Waals surface area contributed by atoms with Crippen LogP contribution in [-0.4, -0.2) is 41.0 Å². The second-order valence-corrected chi connectivity index (χ2v) is 7.65. The fourth-order valence-electron chi connectivity index (χ4n) is 3.60. The molecular weight excluding hydrogens is 296 g/mol. The van der Waals surface area contributed by atoms with Gasteiger partial charge >= 0.3 is 5.97 Å². The maximum Gasteiger partial charge on any atom is 0.322 e. The van der Waals surface area contributed by atoms with Crippen molar-refractivity contribution in [2.75, 3.05) is 0 Å². The molecule has 3 atom stereocenters. The van der Waals surface area contributed by atoms with E-state index in [1.807, 2.05) is 0 Å². The van der Waals surface area contributed by atoms with E-state index in [2.05, 4.69) is 9.68 Å². The number of hydrogen-bond donors (Lipinski definition) is 1. The molecule has 0 bridgehead atoms. The van der Waals surface area contributed by atoms with Crippen LogP contribution in [0.25, 0.3) is 0 Å². The molecule has 2 fully saturated rings. The van der Waals surface area contributed by atoms with Crippen LogP contribution in [0.5, 0.6) is 0 Å². The lowest BCUT2D eigenvalue weighted by molar-refractivity contribution is -0.141. The first-order valence-electron chi connectivity index (χ1n) is 7.12. The number of nitrogens with zero attached hydrogens (tertiary/aromatic N) is 2. The van der Waals surface area contributed by atoms with Gasteiger partial charge in [-0.2, -0.15) is 4.31 Å². The molecule has 21 heavy (non-hydrogen) atoms. The van der Waals surface area contributed by atoms with Gasteiger partial charge < -0.3 is 9.63 Å². The largest absolute Gasteiger partial charge is 0.480 e. The van der Waals surface area contributed by atoms with E-state index in [4.69, 9.17) is 0 Å². The van der Waals surface area contributed by atoms with Crippen LogP contribution in [0.4, 0.5) is 0 Å². The molecule has 1 N–H and O–H groups in total. The van der Waals surface area contributed by atoms with Crippen molar-refractivity contribution < 1.29 is 22.8 Å². The number of carboxylic acid groups (broad SMARTS) is 1. The monoisotopic (exact) mass is 314 g/mol. The minimum Gasteiger partial charge on any atom is -0.480 e. The van der Waals surface area contributed by atoms with Gasteiger partial charge in [0, 0.05) is 12.1 Å². The lowest BCUT2D eigenvalue weighted by Crippen LogP contribution is -2.46. The first kappa shape index (κ1) is 14.5. The predicted molar refractivity (Wildman–Crippen MR) is 72.8 cm³/mol. The van der Waals surface area contributed by atoms with Crippen LogP contribution >= 0.6 is 0 Å². The Morgan fingerprint density at radius 3 is 2.86 bits per heavy atom. The highest BCUT2D eigenvalue weighted by Crippen LogP contribution is 2.41. The summed E-state index contributed by atoms with van der Waals surface area (Å²) in [5.74, 6) is -1.21. The summed E-state index contributed by atoms with van der Waals surface area (Å²) in [6.07, 6.45) is 5.37. The molecule has 1 aromatic heterocycles. The Bertz CT molecular complexity index is 613. The Hall–Kier alpha value is -1.41. The van der Waals surface area contributed by atoms with Gasteiger partial charge in [-0.25, -0.2) is 8.42 Å². The predicted octanol–water partition coefficient (Wildman–Crippen LogP) is 1.22. The Labute approximate surface area is 123 Å². The summed E-state index contributed by atoms with van der Waals surface area (Å²) in [6, 6.07) is 0.355. The van der Waals surface area contributed by atoms with Gasteiger partial charge in [0.25, 0.3) is 0 Å². The molecule has 1 aliphatic heterocycles. The number of aromatic nitrogens is 1. The van der Waals surface area contributed by atoms with Crippen molar-refractivity contribution in [1.82, 2.24) is 9.46 Å². The zero-order chi connectivity index (χ0) is 15.0. The average Bonchev–Trinajstić information content (AvgIpc) is 3.04. The maximum absolute atomic E-state index is 12.7. The maximum atomic E-state index is 12.7. The summed E-state index contributed by atoms with van der Waals surface area (Å²) in [7, 11) is -3.72. The molecule has 8 heteroatoms. The third-order valence-electron chi connectivity index (χ3n) is 4.46. The Morgan fingerprint density at radius 2 is 2.19 bits per heavy atom. The van der Waals surface area contributed by atoms with E-state index in [0.717, 1.165) is 25.7 Å². The summed E-state index contributed by atoms with van der Waals surface area (Å²) in [5, 5.41) is 13.0. The third kappa shape index (κ3) is 2.69. The molecule has 3 unspecified atom stereocenters. The van der Waals surface area contributed by atoms with E-state index in [-0.39, 0.29) is 17.7 Å². The normalized spacial score (nSPS) is 30.2. The van der Waals surface area contributed by atoms with Crippen LogP contribution in [0.3, 0.4) is 0 Å². The standard InChI is InChI=1S/C13H18N2O5S/c16-13(17)12-7-9-3-1-2-4-11(9)15(12)21(18,19)8-10-5-6-20-14-10/h5-6,9,11-12H,1-4,7-8H2,(H,16,17). The van der Waals surface area contributed by atoms with Crippen LogP contribution in [-0.2, 0) is 20.6 Å². The molecule has 116 valence electrons. The smallest absolute Gasteiger partial charge is 0.322 e. The lowest BCUT2D eigenvalue weighted by atomic mass is 9.85. The highest BCUT2D eigenvalue weighted by molar-refractivity contribution is 7.88. The van der Waals surface area contributed by atoms with Gasteiger partial charge in [-0.15, -0.1) is 0 Å². The van der Waals surface area contributed by atoms with Gasteiger partial charge in [0.2, 0.25) is 10.0 Å². The van der Waals surface area contributed by atoms with Crippen LogP contribution in [0.15, 0.2) is 16.9 Å². The highest BCUT2D eigenvalue weighted by atomic mass is 32.2. The average molecular weight is 314 g/mol. The van der Waals surface area contributed by atoms with Gasteiger partial charge in [-0.05, 0) is 25.2 Å². The van der Waals surface area contributed by atoms with E-state index in [1.165, 1.54) is 16.6 Å². The van der Waals surface area contributed by atoms with E-state index in [9.17, 15) is 18.3 Å². The fraction of sp³-hybridized carbons (Fsp3) is 0.692. The van der Waals surface area contributed by atoms with Crippen LogP contribution in [0, 0.1) is 5.92 Å². The number of rotatable bonds is 4. The summed E-state index contributed by atoms with van der Waals surface area (Å²) in [4.78, 5) is 11.5. The summed E-state index contributed by atoms with van der Waals surface area (Å²) in [5.41, 5.74) is 0.304. The van der Waals surface area contributed by atoms with E-state index in [0.29, 0.717) is 12.1 Å². The van der Waals surface area contributed by atoms with Crippen molar-refractivity contribution in [3.05, 3.63) is 18.0 Å². The second kappa shape index (κ2) is 5.42. The highest BCUT2D eigenvalue weighted by Gasteiger charge is 2.50. The number of carboxylic acids is 1. The van der Waals surface area contributed by atoms with E-state index >= 15 is 0 Å². The molecular formula is C13H18N2O5S. The van der Waals surface area contributed by atoms with Crippen molar-refractivity contribution in [1.29, 1.82) is 0 Å². The summed E-state index contributed by atoms with van der Waals surface area (Å²) < 4.78 is 31.2. The molecule has 0 spiro atoms. The fourth-order valence-corrected chi connectivity index (χ4v) is 5.53. The molecule has 0 aromatic carbocycles. The van der Waals surface area contributed by atoms with Crippen LogP contribution in [0.1, 0.15) is 37.8 Å². The van der Waals surface area contributed by atoms with Crippen molar-refractivity contribution in [3.8, 4) is 0 Å². The number of hydrogen-bond acceptors (Lipinski definition) is 5. The summed E-state index contributed by atoms with van der Waals surface area (Å²) in [6.45, 7) is 0. The molecule has 2 heterocycles. The third-order valence-corrected chi connectivity index (χ3v) is 6.29. The SMILES string of the molecule is O=C(O)C1CC2CCCCC2N1S(=O)(=O)Cc1ccon1. The number of fused-ring (bicyclic) bond motifs is 1. The Kier molecular flexibility index (Phi) is 3.75. The number of sulfonamides is 1. The zero-order valence-corrected chi connectivity index (χ0v) is 12.3. The first-order chi connectivity index (χ1) is 9.99. The number of carbonyl (C=O) groups is 1. The number of aliphatic carboxylic acids is 1. The van der Waals surface area contributed by atoms with Gasteiger partial charge in [0.1, 0.15) is 18.1 Å². The molecule has 1 saturated carbocycles. The van der Waals surface area contributed by atoms with Crippen molar-refractivity contribution in [2.24, 2.45) is 5.92 Å². The van der Waals surface area contributed by atoms with Crippen molar-refractivity contribution in [2.45, 2.75) is 49.9 Å². The molecule has 1 saturated heterocycles. The van der Waals surface area contributed by atoms with E-state index < -0.39 is 22.0 Å². The lowest BCUT2D eigenvalue weighted by Gasteiger charge is -2.31. The second-order valence-electron chi connectivity index (χ2n) is 5.78. The van der Waals surface area contributed by atoms with Gasteiger partial charge in [-0.3, -0.25) is 4.79 Å². The topological polar surface area (TPSA) is 101 Å². The van der Waals surface area contributed by atoms with Crippen molar-refractivity contribution in [3.63, 3.8) is 0 Å². The van der Waals surface area contributed by atoms with E-state index in [1.54, 1.807) is 0 Å². The molecule has 7 nitrogen and oxygen atoms in total. The Morgan fingerprint density at radius 1 is 1.43 bits per heavy atom. The van der Waals surface area contributed by atoms with Crippen LogP contribution < -0.4 is 0 Å². The molecule has 3 rings (SSSR count). The van der Waals surface area contributed by atoms with Crippen LogP contribution in [0.2, 0.25) is 0 Å². The molecule has 0 radical (unpaired) electrons. The first-order valence-corrected chi connectivity index (χ1v) is 8.73. The quantitative estimate of drug-likeness (QED) is 0.897. The molecule has 2 aliphatic rings.